The van der Waals surface area contributed by atoms with Crippen LogP contribution in [-0.2, 0) is 0 Å². The molecule has 0 aromatic rings. The maximum absolute atomic E-state index is 11.5. The molecule has 0 nitrogen and oxygen atoms in total. The number of thioether (sulfide) groups is 1. The normalized spacial score (nSPS) is 21.7. The zero-order valence-corrected chi connectivity index (χ0v) is 5.43. The molecule has 1 rings (SSSR count). The highest BCUT2D eigenvalue weighted by molar-refractivity contribution is 8.00. The second-order valence-electron chi connectivity index (χ2n) is 1.95. The summed E-state index contributed by atoms with van der Waals surface area (Å²) >= 11 is 0.112. The van der Waals surface area contributed by atoms with Crippen LogP contribution in [0.2, 0.25) is 0 Å². The Morgan fingerprint density at radius 2 is 1.89 bits per heavy atom. The van der Waals surface area contributed by atoms with Crippen LogP contribution in [0.1, 0.15) is 12.8 Å². The maximum atomic E-state index is 11.5. The van der Waals surface area contributed by atoms with E-state index >= 15 is 0 Å². The molecule has 0 atom stereocenters. The van der Waals surface area contributed by atoms with E-state index in [1.165, 1.54) is 0 Å². The molecule has 1 aliphatic carbocycles. The smallest absolute Gasteiger partial charge is 0.160 e. The van der Waals surface area contributed by atoms with E-state index in [2.05, 4.69) is 0 Å². The van der Waals surface area contributed by atoms with Crippen molar-refractivity contribution in [3.63, 3.8) is 0 Å². The van der Waals surface area contributed by atoms with Gasteiger partial charge in [0.1, 0.15) is 0 Å². The molecule has 1 aliphatic rings. The van der Waals surface area contributed by atoms with Crippen LogP contribution in [0.25, 0.3) is 0 Å². The number of hydrogen-bond donors (Lipinski definition) is 0. The summed E-state index contributed by atoms with van der Waals surface area (Å²) in [7, 11) is 0. The number of alkyl halides is 3. The predicted octanol–water partition coefficient (Wildman–Crippen LogP) is 2.61. The van der Waals surface area contributed by atoms with Crippen molar-refractivity contribution >= 4 is 11.8 Å². The van der Waals surface area contributed by atoms with Crippen LogP contribution in [0.4, 0.5) is 13.2 Å². The molecule has 0 aromatic carbocycles. The highest BCUT2D eigenvalue weighted by Crippen LogP contribution is 2.41. The fraction of sp³-hybridized carbons (Fsp3) is 0.800. The fourth-order valence-electron chi connectivity index (χ4n) is 0.588. The molecule has 0 aliphatic heterocycles. The van der Waals surface area contributed by atoms with Gasteiger partial charge >= 0.3 is 5.51 Å². The highest BCUT2D eigenvalue weighted by Gasteiger charge is 2.35. The van der Waals surface area contributed by atoms with Crippen molar-refractivity contribution < 1.29 is 13.2 Å². The predicted molar refractivity (Wildman–Crippen MR) is 31.0 cm³/mol. The zero-order chi connectivity index (χ0) is 6.91. The Bertz CT molecular complexity index is 94.9. The van der Waals surface area contributed by atoms with Crippen molar-refractivity contribution in [1.29, 1.82) is 0 Å². The van der Waals surface area contributed by atoms with Gasteiger partial charge in [-0.1, -0.05) is 0 Å². The summed E-state index contributed by atoms with van der Waals surface area (Å²) in [5.41, 5.74) is -4.03. The van der Waals surface area contributed by atoms with E-state index in [-0.39, 0.29) is 17.0 Å². The van der Waals surface area contributed by atoms with Crippen molar-refractivity contribution in [3.8, 4) is 0 Å². The Labute approximate surface area is 55.8 Å². The van der Waals surface area contributed by atoms with E-state index in [4.69, 9.17) is 0 Å². The van der Waals surface area contributed by atoms with Crippen LogP contribution < -0.4 is 0 Å². The Morgan fingerprint density at radius 1 is 1.33 bits per heavy atom. The van der Waals surface area contributed by atoms with Crippen molar-refractivity contribution in [2.45, 2.75) is 23.6 Å². The van der Waals surface area contributed by atoms with Crippen LogP contribution in [0.5, 0.6) is 0 Å². The van der Waals surface area contributed by atoms with Gasteiger partial charge in [-0.05, 0) is 31.0 Å². The molecule has 53 valence electrons. The van der Waals surface area contributed by atoms with Gasteiger partial charge in [0.25, 0.3) is 0 Å². The zero-order valence-electron chi connectivity index (χ0n) is 4.61. The minimum atomic E-state index is -4.03. The van der Waals surface area contributed by atoms with Gasteiger partial charge in [-0.2, -0.15) is 13.2 Å². The van der Waals surface area contributed by atoms with Gasteiger partial charge in [0.15, 0.2) is 0 Å². The number of rotatable bonds is 1. The molecule has 4 heteroatoms. The average Bonchev–Trinajstić information content (AvgIpc) is 1.53. The summed E-state index contributed by atoms with van der Waals surface area (Å²) in [6, 6.07) is 0. The van der Waals surface area contributed by atoms with Crippen LogP contribution >= 0.6 is 11.8 Å². The molecule has 0 aromatic heterocycles. The van der Waals surface area contributed by atoms with Gasteiger partial charge in [-0.3, -0.25) is 0 Å². The van der Waals surface area contributed by atoms with Gasteiger partial charge < -0.3 is 0 Å². The molecule has 1 radical (unpaired) electrons. The van der Waals surface area contributed by atoms with Crippen molar-refractivity contribution in [2.75, 3.05) is 0 Å². The molecule has 1 fully saturated rings. The van der Waals surface area contributed by atoms with E-state index in [0.29, 0.717) is 12.8 Å². The molecule has 0 unspecified atom stereocenters. The van der Waals surface area contributed by atoms with Crippen molar-refractivity contribution in [1.82, 2.24) is 0 Å². The number of halogens is 3. The molecule has 0 N–H and O–H groups in total. The first-order valence-corrected chi connectivity index (χ1v) is 3.52. The second kappa shape index (κ2) is 2.40. The minimum absolute atomic E-state index is 0.112. The highest BCUT2D eigenvalue weighted by atomic mass is 32.2. The average molecular weight is 155 g/mol. The van der Waals surface area contributed by atoms with Gasteiger partial charge in [-0.15, -0.1) is 0 Å². The molecule has 0 heterocycles. The van der Waals surface area contributed by atoms with Gasteiger partial charge in [0.2, 0.25) is 0 Å². The SMILES string of the molecule is FC(F)(F)SC1C[CH]C1. The third-order valence-corrected chi connectivity index (χ3v) is 2.14. The Balaban J connectivity index is 2.16. The van der Waals surface area contributed by atoms with Gasteiger partial charge in [0, 0.05) is 5.25 Å². The fourth-order valence-corrected chi connectivity index (χ4v) is 1.43. The lowest BCUT2D eigenvalue weighted by Crippen LogP contribution is -2.19. The quantitative estimate of drug-likeness (QED) is 0.560. The number of hydrogen-bond acceptors (Lipinski definition) is 1. The molecule has 9 heavy (non-hydrogen) atoms. The molecule has 0 spiro atoms. The molecular formula is C5H6F3S. The Kier molecular flexibility index (Phi) is 1.94. The van der Waals surface area contributed by atoms with E-state index < -0.39 is 5.51 Å². The lowest BCUT2D eigenvalue weighted by Gasteiger charge is -2.24. The summed E-state index contributed by atoms with van der Waals surface area (Å²) in [6.45, 7) is 0. The Hall–Kier alpha value is 0.140. The van der Waals surface area contributed by atoms with E-state index in [1.807, 2.05) is 6.42 Å². The topological polar surface area (TPSA) is 0 Å². The summed E-state index contributed by atoms with van der Waals surface area (Å²) in [5, 5.41) is -0.190. The van der Waals surface area contributed by atoms with Gasteiger partial charge in [-0.25, -0.2) is 0 Å². The molecule has 0 amide bonds. The Morgan fingerprint density at radius 3 is 2.00 bits per heavy atom. The van der Waals surface area contributed by atoms with Gasteiger partial charge in [0.05, 0.1) is 0 Å². The lowest BCUT2D eigenvalue weighted by atomic mass is 10.0. The third-order valence-electron chi connectivity index (χ3n) is 1.16. The molecule has 0 bridgehead atoms. The molecule has 1 saturated carbocycles. The van der Waals surface area contributed by atoms with E-state index in [0.717, 1.165) is 0 Å². The maximum Gasteiger partial charge on any atom is 0.442 e. The third kappa shape index (κ3) is 2.47. The second-order valence-corrected chi connectivity index (χ2v) is 3.31. The van der Waals surface area contributed by atoms with Crippen LogP contribution in [0.15, 0.2) is 0 Å². The minimum Gasteiger partial charge on any atom is -0.160 e. The summed E-state index contributed by atoms with van der Waals surface area (Å²) < 4.78 is 34.4. The first-order chi connectivity index (χ1) is 4.08. The molecular weight excluding hydrogens is 149 g/mol. The van der Waals surface area contributed by atoms with E-state index in [1.54, 1.807) is 0 Å². The van der Waals surface area contributed by atoms with Crippen LogP contribution in [0, 0.1) is 6.42 Å². The summed E-state index contributed by atoms with van der Waals surface area (Å²) in [4.78, 5) is 0. The molecule has 0 saturated heterocycles. The van der Waals surface area contributed by atoms with Crippen LogP contribution in [-0.4, -0.2) is 10.8 Å². The van der Waals surface area contributed by atoms with Crippen molar-refractivity contribution in [3.05, 3.63) is 6.42 Å². The summed E-state index contributed by atoms with van der Waals surface area (Å²) in [6.07, 6.45) is 3.10. The van der Waals surface area contributed by atoms with Crippen molar-refractivity contribution in [2.24, 2.45) is 0 Å². The van der Waals surface area contributed by atoms with Crippen LogP contribution in [0.3, 0.4) is 0 Å². The first kappa shape index (κ1) is 7.25. The standard InChI is InChI=1S/C5H6F3S/c6-5(7,8)9-4-2-1-3-4/h1,4H,2-3H2. The van der Waals surface area contributed by atoms with E-state index in [9.17, 15) is 13.2 Å². The lowest BCUT2D eigenvalue weighted by molar-refractivity contribution is -0.0336. The first-order valence-electron chi connectivity index (χ1n) is 2.64. The largest absolute Gasteiger partial charge is 0.442 e. The monoisotopic (exact) mass is 155 g/mol. The summed E-state index contributed by atoms with van der Waals surface area (Å²) in [5.74, 6) is 0.